The number of halogens is 1. The third-order valence-corrected chi connectivity index (χ3v) is 3.60. The van der Waals surface area contributed by atoms with Crippen molar-refractivity contribution in [2.75, 3.05) is 11.9 Å². The van der Waals surface area contributed by atoms with Crippen LogP contribution in [0.2, 0.25) is 5.02 Å². The Hall–Kier alpha value is -3.46. The average Bonchev–Trinajstić information content (AvgIpc) is 3.17. The van der Waals surface area contributed by atoms with Crippen LogP contribution in [-0.2, 0) is 4.79 Å². The molecular weight excluding hydrogens is 364 g/mol. The van der Waals surface area contributed by atoms with E-state index in [1.807, 2.05) is 0 Å². The summed E-state index contributed by atoms with van der Waals surface area (Å²) in [6.45, 7) is -0.293. The number of hydrogen-bond acceptors (Lipinski definition) is 7. The molecule has 132 valence electrons. The summed E-state index contributed by atoms with van der Waals surface area (Å²) in [6, 6.07) is 10.5. The van der Waals surface area contributed by atoms with Gasteiger partial charge in [-0.1, -0.05) is 11.6 Å². The van der Waals surface area contributed by atoms with Gasteiger partial charge in [0.05, 0.1) is 15.6 Å². The van der Waals surface area contributed by atoms with Gasteiger partial charge in [-0.3, -0.25) is 14.9 Å². The monoisotopic (exact) mass is 374 g/mol. The molecule has 1 aromatic heterocycles. The number of carbonyl (C=O) groups is 1. The normalized spacial score (nSPS) is 10.3. The molecule has 0 aliphatic heterocycles. The number of nitrogens with one attached hydrogen (secondary N) is 1. The van der Waals surface area contributed by atoms with E-state index >= 15 is 0 Å². The molecule has 1 heterocycles. The fraction of sp³-hybridized carbons (Fsp3) is 0.0625. The number of aromatic nitrogens is 2. The number of nitro benzene ring substituents is 1. The summed E-state index contributed by atoms with van der Waals surface area (Å²) in [5.41, 5.74) is 0.672. The van der Waals surface area contributed by atoms with Crippen molar-refractivity contribution in [2.24, 2.45) is 0 Å². The number of hydrogen-bond donors (Lipinski definition) is 1. The van der Waals surface area contributed by atoms with E-state index in [1.54, 1.807) is 24.3 Å². The van der Waals surface area contributed by atoms with Crippen molar-refractivity contribution in [2.45, 2.75) is 0 Å². The minimum absolute atomic E-state index is 0.140. The van der Waals surface area contributed by atoms with Crippen LogP contribution in [0.3, 0.4) is 0 Å². The van der Waals surface area contributed by atoms with Gasteiger partial charge in [0.1, 0.15) is 5.75 Å². The molecule has 1 N–H and O–H groups in total. The third kappa shape index (κ3) is 4.14. The van der Waals surface area contributed by atoms with Crippen LogP contribution in [0.1, 0.15) is 0 Å². The summed E-state index contributed by atoms with van der Waals surface area (Å²) in [4.78, 5) is 22.2. The van der Waals surface area contributed by atoms with Gasteiger partial charge in [-0.15, -0.1) is 10.2 Å². The van der Waals surface area contributed by atoms with Gasteiger partial charge in [0, 0.05) is 17.7 Å². The Bertz CT molecular complexity index is 928. The first-order chi connectivity index (χ1) is 12.5. The Balaban J connectivity index is 1.59. The van der Waals surface area contributed by atoms with Crippen LogP contribution in [-0.4, -0.2) is 27.6 Å². The summed E-state index contributed by atoms with van der Waals surface area (Å²) in [7, 11) is 0. The summed E-state index contributed by atoms with van der Waals surface area (Å²) in [5.74, 6) is 0.316. The van der Waals surface area contributed by atoms with Gasteiger partial charge in [0.15, 0.2) is 6.61 Å². The molecule has 9 nitrogen and oxygen atoms in total. The number of anilines is 1. The molecule has 0 spiro atoms. The smallest absolute Gasteiger partial charge is 0.271 e. The van der Waals surface area contributed by atoms with Gasteiger partial charge < -0.3 is 14.5 Å². The van der Waals surface area contributed by atoms with Crippen molar-refractivity contribution in [3.63, 3.8) is 0 Å². The molecule has 3 rings (SSSR count). The van der Waals surface area contributed by atoms with E-state index in [0.717, 1.165) is 0 Å². The summed E-state index contributed by atoms with van der Waals surface area (Å²) in [6.07, 6.45) is 1.23. The highest BCUT2D eigenvalue weighted by atomic mass is 35.5. The molecule has 0 aliphatic rings. The van der Waals surface area contributed by atoms with Crippen LogP contribution in [0.15, 0.2) is 53.3 Å². The molecule has 0 fully saturated rings. The van der Waals surface area contributed by atoms with Crippen LogP contribution in [0.4, 0.5) is 11.4 Å². The number of non-ortho nitro benzene ring substituents is 1. The Kier molecular flexibility index (Phi) is 5.09. The van der Waals surface area contributed by atoms with Crippen LogP contribution < -0.4 is 10.1 Å². The number of ether oxygens (including phenoxy) is 1. The zero-order valence-corrected chi connectivity index (χ0v) is 13.8. The predicted molar refractivity (Wildman–Crippen MR) is 92.0 cm³/mol. The average molecular weight is 375 g/mol. The SMILES string of the molecule is O=C(COc1ccc(-c2nnco2)cc1)Nc1cc([N+](=O)[O-])ccc1Cl. The van der Waals surface area contributed by atoms with E-state index in [4.69, 9.17) is 20.8 Å². The van der Waals surface area contributed by atoms with E-state index in [-0.39, 0.29) is 23.0 Å². The molecule has 0 saturated carbocycles. The lowest BCUT2D eigenvalue weighted by molar-refractivity contribution is -0.384. The molecule has 2 aromatic carbocycles. The van der Waals surface area contributed by atoms with Crippen LogP contribution >= 0.6 is 11.6 Å². The first-order valence-electron chi connectivity index (χ1n) is 7.26. The largest absolute Gasteiger partial charge is 0.484 e. The van der Waals surface area contributed by atoms with E-state index < -0.39 is 10.8 Å². The van der Waals surface area contributed by atoms with Crippen LogP contribution in [0.5, 0.6) is 5.75 Å². The zero-order valence-electron chi connectivity index (χ0n) is 13.1. The van der Waals surface area contributed by atoms with Gasteiger partial charge in [0.2, 0.25) is 12.3 Å². The lowest BCUT2D eigenvalue weighted by Gasteiger charge is -2.09. The topological polar surface area (TPSA) is 120 Å². The minimum atomic E-state index is -0.576. The lowest BCUT2D eigenvalue weighted by Crippen LogP contribution is -2.20. The quantitative estimate of drug-likeness (QED) is 0.519. The molecule has 26 heavy (non-hydrogen) atoms. The highest BCUT2D eigenvalue weighted by Gasteiger charge is 2.12. The Morgan fingerprint density at radius 3 is 2.69 bits per heavy atom. The number of nitrogens with zero attached hydrogens (tertiary/aromatic N) is 3. The number of benzene rings is 2. The third-order valence-electron chi connectivity index (χ3n) is 3.27. The fourth-order valence-corrected chi connectivity index (χ4v) is 2.22. The van der Waals surface area contributed by atoms with E-state index in [2.05, 4.69) is 15.5 Å². The number of carbonyl (C=O) groups excluding carboxylic acids is 1. The molecule has 0 saturated heterocycles. The Morgan fingerprint density at radius 2 is 2.04 bits per heavy atom. The lowest BCUT2D eigenvalue weighted by atomic mass is 10.2. The van der Waals surface area contributed by atoms with Crippen LogP contribution in [0.25, 0.3) is 11.5 Å². The van der Waals surface area contributed by atoms with Gasteiger partial charge in [0.25, 0.3) is 11.6 Å². The van der Waals surface area contributed by atoms with Crippen molar-refractivity contribution in [3.8, 4) is 17.2 Å². The zero-order chi connectivity index (χ0) is 18.5. The maximum absolute atomic E-state index is 12.0. The summed E-state index contributed by atoms with van der Waals surface area (Å²) < 4.78 is 10.4. The van der Waals surface area contributed by atoms with E-state index in [9.17, 15) is 14.9 Å². The number of amides is 1. The molecule has 3 aromatic rings. The van der Waals surface area contributed by atoms with Crippen LogP contribution in [0, 0.1) is 10.1 Å². The number of rotatable bonds is 6. The molecule has 1 amide bonds. The van der Waals surface area contributed by atoms with Crippen molar-refractivity contribution in [1.82, 2.24) is 10.2 Å². The second-order valence-corrected chi connectivity index (χ2v) is 5.43. The molecule has 0 atom stereocenters. The van der Waals surface area contributed by atoms with Gasteiger partial charge in [-0.05, 0) is 30.3 Å². The van der Waals surface area contributed by atoms with Crippen molar-refractivity contribution in [1.29, 1.82) is 0 Å². The van der Waals surface area contributed by atoms with Gasteiger partial charge in [-0.25, -0.2) is 0 Å². The van der Waals surface area contributed by atoms with Crippen molar-refractivity contribution < 1.29 is 18.9 Å². The molecular formula is C16H11ClN4O5. The number of nitro groups is 1. The second-order valence-electron chi connectivity index (χ2n) is 5.03. The summed E-state index contributed by atoms with van der Waals surface area (Å²) in [5, 5.41) is 20.8. The fourth-order valence-electron chi connectivity index (χ4n) is 2.05. The first kappa shape index (κ1) is 17.4. The maximum Gasteiger partial charge on any atom is 0.271 e. The maximum atomic E-state index is 12.0. The Labute approximate surface area is 151 Å². The Morgan fingerprint density at radius 1 is 1.27 bits per heavy atom. The van der Waals surface area contributed by atoms with Gasteiger partial charge >= 0.3 is 0 Å². The highest BCUT2D eigenvalue weighted by Crippen LogP contribution is 2.26. The van der Waals surface area contributed by atoms with E-state index in [0.29, 0.717) is 17.2 Å². The highest BCUT2D eigenvalue weighted by molar-refractivity contribution is 6.33. The molecule has 0 radical (unpaired) electrons. The van der Waals surface area contributed by atoms with E-state index in [1.165, 1.54) is 24.6 Å². The molecule has 10 heteroatoms. The van der Waals surface area contributed by atoms with Crippen molar-refractivity contribution in [3.05, 3.63) is 64.0 Å². The predicted octanol–water partition coefficient (Wildman–Crippen LogP) is 3.32. The summed E-state index contributed by atoms with van der Waals surface area (Å²) >= 11 is 5.93. The molecule has 0 bridgehead atoms. The first-order valence-corrected chi connectivity index (χ1v) is 7.64. The standard InChI is InChI=1S/C16H11ClN4O5/c17-13-6-3-11(21(23)24)7-14(13)19-15(22)8-25-12-4-1-10(2-5-12)16-20-18-9-26-16/h1-7,9H,8H2,(H,19,22). The van der Waals surface area contributed by atoms with Crippen molar-refractivity contribution >= 4 is 28.9 Å². The molecule has 0 aliphatic carbocycles. The van der Waals surface area contributed by atoms with Gasteiger partial charge in [-0.2, -0.15) is 0 Å². The second kappa shape index (κ2) is 7.62. The minimum Gasteiger partial charge on any atom is -0.484 e. The molecule has 0 unspecified atom stereocenters.